The molecule has 4 rings (SSSR count). The second-order valence-electron chi connectivity index (χ2n) is 6.53. The highest BCUT2D eigenvalue weighted by Crippen LogP contribution is 2.28. The Bertz CT molecular complexity index is 1220. The molecule has 2 aromatic carbocycles. The fraction of sp³-hybridized carbons (Fsp3) is 0.0909. The van der Waals surface area contributed by atoms with Gasteiger partial charge in [0.2, 0.25) is 5.91 Å². The van der Waals surface area contributed by atoms with Crippen LogP contribution in [0.15, 0.2) is 60.7 Å². The Labute approximate surface area is 171 Å². The average molecular weight is 402 g/mol. The number of carbonyl (C=O) groups is 2. The van der Waals surface area contributed by atoms with E-state index < -0.39 is 0 Å². The quantitative estimate of drug-likeness (QED) is 0.510. The summed E-state index contributed by atoms with van der Waals surface area (Å²) in [4.78, 5) is 32.9. The molecule has 29 heavy (non-hydrogen) atoms. The number of anilines is 2. The number of hydrogen-bond acceptors (Lipinski definition) is 5. The van der Waals surface area contributed by atoms with E-state index in [4.69, 9.17) is 0 Å². The van der Waals surface area contributed by atoms with E-state index in [1.54, 1.807) is 12.1 Å². The molecular weight excluding hydrogens is 384 g/mol. The predicted molar refractivity (Wildman–Crippen MR) is 116 cm³/mol. The van der Waals surface area contributed by atoms with Crippen LogP contribution >= 0.6 is 11.3 Å². The van der Waals surface area contributed by atoms with Crippen LogP contribution in [-0.4, -0.2) is 21.8 Å². The lowest BCUT2D eigenvalue weighted by atomic mass is 10.1. The summed E-state index contributed by atoms with van der Waals surface area (Å²) < 4.78 is 0.876. The number of pyridine rings is 1. The Kier molecular flexibility index (Phi) is 5.05. The van der Waals surface area contributed by atoms with E-state index in [0.29, 0.717) is 22.1 Å². The molecule has 0 aliphatic carbocycles. The molecule has 0 atom stereocenters. The maximum Gasteiger partial charge on any atom is 0.257 e. The minimum atomic E-state index is -0.222. The Morgan fingerprint density at radius 3 is 2.45 bits per heavy atom. The summed E-state index contributed by atoms with van der Waals surface area (Å²) in [6, 6.07) is 18.9. The van der Waals surface area contributed by atoms with Gasteiger partial charge in [0.05, 0.1) is 27.2 Å². The minimum absolute atomic E-state index is 0.167. The number of aromatic nitrogens is 2. The van der Waals surface area contributed by atoms with Gasteiger partial charge in [-0.2, -0.15) is 0 Å². The fourth-order valence-corrected chi connectivity index (χ4v) is 3.93. The number of hydrogen-bond donors (Lipinski definition) is 2. The van der Waals surface area contributed by atoms with E-state index in [9.17, 15) is 9.59 Å². The van der Waals surface area contributed by atoms with Gasteiger partial charge in [-0.3, -0.25) is 14.6 Å². The molecule has 0 saturated heterocycles. The summed E-state index contributed by atoms with van der Waals surface area (Å²) in [6.45, 7) is 3.27. The first-order chi connectivity index (χ1) is 14.0. The maximum atomic E-state index is 12.7. The van der Waals surface area contributed by atoms with E-state index >= 15 is 0 Å². The van der Waals surface area contributed by atoms with Gasteiger partial charge in [-0.25, -0.2) is 4.98 Å². The molecule has 4 aromatic rings. The standard InChI is InChI=1S/C22H18N4O2S/c1-13-17(9-11-18(23-13)15-6-4-3-5-7-15)21(28)25-16-8-10-19-20(12-16)29-22(26-19)24-14(2)27/h3-12H,1-2H3,(H,25,28)(H,24,26,27). The van der Waals surface area contributed by atoms with Gasteiger partial charge in [-0.1, -0.05) is 41.7 Å². The van der Waals surface area contributed by atoms with E-state index in [0.717, 1.165) is 21.5 Å². The van der Waals surface area contributed by atoms with Crippen molar-refractivity contribution in [1.29, 1.82) is 0 Å². The smallest absolute Gasteiger partial charge is 0.257 e. The first kappa shape index (κ1) is 18.8. The highest BCUT2D eigenvalue weighted by Gasteiger charge is 2.13. The molecule has 0 aliphatic rings. The number of carbonyl (C=O) groups excluding carboxylic acids is 2. The third-order valence-corrected chi connectivity index (χ3v) is 5.26. The van der Waals surface area contributed by atoms with Gasteiger partial charge >= 0.3 is 0 Å². The number of thiazole rings is 1. The Morgan fingerprint density at radius 1 is 0.931 bits per heavy atom. The molecule has 2 heterocycles. The van der Waals surface area contributed by atoms with Crippen LogP contribution in [-0.2, 0) is 4.79 Å². The van der Waals surface area contributed by atoms with Crippen molar-refractivity contribution in [3.05, 3.63) is 71.9 Å². The summed E-state index contributed by atoms with van der Waals surface area (Å²) in [6.07, 6.45) is 0. The Hall–Kier alpha value is -3.58. The van der Waals surface area contributed by atoms with E-state index in [-0.39, 0.29) is 11.8 Å². The molecule has 7 heteroatoms. The Morgan fingerprint density at radius 2 is 1.72 bits per heavy atom. The first-order valence-electron chi connectivity index (χ1n) is 9.02. The molecule has 0 fully saturated rings. The third kappa shape index (κ3) is 4.14. The average Bonchev–Trinajstić information content (AvgIpc) is 3.09. The molecule has 144 valence electrons. The van der Waals surface area contributed by atoms with Gasteiger partial charge in [-0.15, -0.1) is 0 Å². The molecule has 0 unspecified atom stereocenters. The van der Waals surface area contributed by atoms with Crippen LogP contribution in [0.3, 0.4) is 0 Å². The number of rotatable bonds is 4. The van der Waals surface area contributed by atoms with E-state index in [1.807, 2.05) is 55.5 Å². The zero-order chi connectivity index (χ0) is 20.4. The third-order valence-electron chi connectivity index (χ3n) is 4.33. The molecule has 2 aromatic heterocycles. The Balaban J connectivity index is 1.55. The van der Waals surface area contributed by atoms with Crippen LogP contribution in [0.1, 0.15) is 23.0 Å². The highest BCUT2D eigenvalue weighted by molar-refractivity contribution is 7.22. The molecule has 0 saturated carbocycles. The van der Waals surface area contributed by atoms with Crippen LogP contribution in [0.2, 0.25) is 0 Å². The van der Waals surface area contributed by atoms with Gasteiger partial charge in [0.15, 0.2) is 5.13 Å². The number of amides is 2. The normalized spacial score (nSPS) is 10.7. The topological polar surface area (TPSA) is 84.0 Å². The molecule has 2 amide bonds. The summed E-state index contributed by atoms with van der Waals surface area (Å²) >= 11 is 1.36. The SMILES string of the molecule is CC(=O)Nc1nc2ccc(NC(=O)c3ccc(-c4ccccc4)nc3C)cc2s1. The second kappa shape index (κ2) is 7.81. The van der Waals surface area contributed by atoms with Gasteiger partial charge in [0.1, 0.15) is 0 Å². The lowest BCUT2D eigenvalue weighted by Gasteiger charge is -2.09. The second-order valence-corrected chi connectivity index (χ2v) is 7.56. The number of nitrogens with one attached hydrogen (secondary N) is 2. The summed E-state index contributed by atoms with van der Waals surface area (Å²) in [7, 11) is 0. The van der Waals surface area contributed by atoms with Crippen LogP contribution in [0.25, 0.3) is 21.5 Å². The van der Waals surface area contributed by atoms with Crippen molar-refractivity contribution < 1.29 is 9.59 Å². The van der Waals surface area contributed by atoms with Gasteiger partial charge in [0, 0.05) is 18.2 Å². The van der Waals surface area contributed by atoms with Gasteiger partial charge < -0.3 is 10.6 Å². The number of benzene rings is 2. The van der Waals surface area contributed by atoms with Crippen molar-refractivity contribution in [2.75, 3.05) is 10.6 Å². The lowest BCUT2D eigenvalue weighted by Crippen LogP contribution is -2.14. The van der Waals surface area contributed by atoms with Crippen LogP contribution in [0, 0.1) is 6.92 Å². The van der Waals surface area contributed by atoms with Crippen molar-refractivity contribution >= 4 is 44.2 Å². The van der Waals surface area contributed by atoms with E-state index in [1.165, 1.54) is 18.3 Å². The van der Waals surface area contributed by atoms with Crippen LogP contribution in [0.4, 0.5) is 10.8 Å². The van der Waals surface area contributed by atoms with Crippen molar-refractivity contribution in [2.24, 2.45) is 0 Å². The molecule has 0 aliphatic heterocycles. The van der Waals surface area contributed by atoms with Gasteiger partial charge in [-0.05, 0) is 37.3 Å². The van der Waals surface area contributed by atoms with Gasteiger partial charge in [0.25, 0.3) is 5.91 Å². The van der Waals surface area contributed by atoms with Crippen molar-refractivity contribution in [3.63, 3.8) is 0 Å². The zero-order valence-electron chi connectivity index (χ0n) is 15.9. The first-order valence-corrected chi connectivity index (χ1v) is 9.84. The predicted octanol–water partition coefficient (Wildman–Crippen LogP) is 4.88. The summed E-state index contributed by atoms with van der Waals surface area (Å²) in [5.41, 5.74) is 4.45. The van der Waals surface area contributed by atoms with Crippen molar-refractivity contribution in [2.45, 2.75) is 13.8 Å². The fourth-order valence-electron chi connectivity index (χ4n) is 2.98. The largest absolute Gasteiger partial charge is 0.322 e. The monoisotopic (exact) mass is 402 g/mol. The summed E-state index contributed by atoms with van der Waals surface area (Å²) in [5, 5.41) is 6.13. The van der Waals surface area contributed by atoms with E-state index in [2.05, 4.69) is 20.6 Å². The van der Waals surface area contributed by atoms with Crippen molar-refractivity contribution in [1.82, 2.24) is 9.97 Å². The van der Waals surface area contributed by atoms with Crippen LogP contribution in [0.5, 0.6) is 0 Å². The number of nitrogens with zero attached hydrogens (tertiary/aromatic N) is 2. The maximum absolute atomic E-state index is 12.7. The molecule has 0 bridgehead atoms. The van der Waals surface area contributed by atoms with Crippen LogP contribution < -0.4 is 10.6 Å². The number of fused-ring (bicyclic) bond motifs is 1. The van der Waals surface area contributed by atoms with Crippen molar-refractivity contribution in [3.8, 4) is 11.3 Å². The lowest BCUT2D eigenvalue weighted by molar-refractivity contribution is -0.114. The number of aryl methyl sites for hydroxylation is 1. The molecule has 6 nitrogen and oxygen atoms in total. The highest BCUT2D eigenvalue weighted by atomic mass is 32.1. The molecular formula is C22H18N4O2S. The summed E-state index contributed by atoms with van der Waals surface area (Å²) in [5.74, 6) is -0.389. The molecule has 2 N–H and O–H groups in total. The minimum Gasteiger partial charge on any atom is -0.322 e. The zero-order valence-corrected chi connectivity index (χ0v) is 16.7. The molecule has 0 spiro atoms. The molecule has 0 radical (unpaired) electrons.